The van der Waals surface area contributed by atoms with Crippen molar-refractivity contribution in [2.75, 3.05) is 7.11 Å². The molecule has 0 bridgehead atoms. The van der Waals surface area contributed by atoms with Gasteiger partial charge in [-0.2, -0.15) is 0 Å². The first-order valence-electron chi connectivity index (χ1n) is 5.95. The minimum Gasteiger partial charge on any atom is -0.496 e. The maximum absolute atomic E-state index is 13.5. The smallest absolute Gasteiger partial charge is 0.137 e. The van der Waals surface area contributed by atoms with Gasteiger partial charge in [-0.25, -0.2) is 4.39 Å². The van der Waals surface area contributed by atoms with Gasteiger partial charge in [-0.15, -0.1) is 0 Å². The van der Waals surface area contributed by atoms with E-state index in [0.29, 0.717) is 10.9 Å². The minimum atomic E-state index is -0.298. The van der Waals surface area contributed by atoms with Crippen molar-refractivity contribution in [1.82, 2.24) is 0 Å². The molecule has 0 spiro atoms. The standard InChI is InChI=1S/C15H15BrFNO/c1-19-14-8-3-2-5-10(14)9-13(18)11-6-4-7-12(17)15(11)16/h2-8,13H,9,18H2,1H3. The second kappa shape index (κ2) is 6.17. The number of para-hydroxylation sites is 1. The Balaban J connectivity index is 2.26. The van der Waals surface area contributed by atoms with Gasteiger partial charge >= 0.3 is 0 Å². The Morgan fingerprint density at radius 2 is 1.95 bits per heavy atom. The summed E-state index contributed by atoms with van der Waals surface area (Å²) in [6, 6.07) is 12.3. The summed E-state index contributed by atoms with van der Waals surface area (Å²) >= 11 is 3.24. The number of ether oxygens (including phenoxy) is 1. The molecule has 1 unspecified atom stereocenters. The highest BCUT2D eigenvalue weighted by Crippen LogP contribution is 2.29. The van der Waals surface area contributed by atoms with E-state index in [-0.39, 0.29) is 11.9 Å². The molecule has 0 fully saturated rings. The van der Waals surface area contributed by atoms with Crippen LogP contribution in [0, 0.1) is 5.82 Å². The summed E-state index contributed by atoms with van der Waals surface area (Å²) in [5, 5.41) is 0. The lowest BCUT2D eigenvalue weighted by molar-refractivity contribution is 0.408. The molecule has 0 amide bonds. The lowest BCUT2D eigenvalue weighted by atomic mass is 9.99. The monoisotopic (exact) mass is 323 g/mol. The maximum atomic E-state index is 13.5. The third-order valence-electron chi connectivity index (χ3n) is 3.01. The van der Waals surface area contributed by atoms with Crippen LogP contribution in [0.25, 0.3) is 0 Å². The highest BCUT2D eigenvalue weighted by molar-refractivity contribution is 9.10. The fourth-order valence-electron chi connectivity index (χ4n) is 2.03. The van der Waals surface area contributed by atoms with Crippen molar-refractivity contribution in [2.24, 2.45) is 5.73 Å². The van der Waals surface area contributed by atoms with Gasteiger partial charge in [0.1, 0.15) is 11.6 Å². The number of hydrogen-bond acceptors (Lipinski definition) is 2. The van der Waals surface area contributed by atoms with Crippen LogP contribution >= 0.6 is 15.9 Å². The predicted molar refractivity (Wildman–Crippen MR) is 77.7 cm³/mol. The van der Waals surface area contributed by atoms with Crippen molar-refractivity contribution in [1.29, 1.82) is 0 Å². The quantitative estimate of drug-likeness (QED) is 0.927. The Morgan fingerprint density at radius 1 is 1.21 bits per heavy atom. The minimum absolute atomic E-state index is 0.290. The zero-order chi connectivity index (χ0) is 13.8. The average Bonchev–Trinajstić information content (AvgIpc) is 2.42. The van der Waals surface area contributed by atoms with Gasteiger partial charge in [0.15, 0.2) is 0 Å². The highest BCUT2D eigenvalue weighted by atomic mass is 79.9. The topological polar surface area (TPSA) is 35.2 Å². The molecule has 19 heavy (non-hydrogen) atoms. The number of benzene rings is 2. The van der Waals surface area contributed by atoms with E-state index in [0.717, 1.165) is 16.9 Å². The van der Waals surface area contributed by atoms with Crippen LogP contribution in [0.1, 0.15) is 17.2 Å². The van der Waals surface area contributed by atoms with Crippen molar-refractivity contribution in [3.8, 4) is 5.75 Å². The van der Waals surface area contributed by atoms with E-state index < -0.39 is 0 Å². The van der Waals surface area contributed by atoms with Crippen molar-refractivity contribution in [3.05, 3.63) is 63.9 Å². The van der Waals surface area contributed by atoms with E-state index in [1.807, 2.05) is 30.3 Å². The van der Waals surface area contributed by atoms with Crippen molar-refractivity contribution in [3.63, 3.8) is 0 Å². The first kappa shape index (κ1) is 14.0. The molecular weight excluding hydrogens is 309 g/mol. The Bertz CT molecular complexity index is 574. The molecule has 0 radical (unpaired) electrons. The lowest BCUT2D eigenvalue weighted by Gasteiger charge is -2.16. The molecular formula is C15H15BrFNO. The SMILES string of the molecule is COc1ccccc1CC(N)c1cccc(F)c1Br. The summed E-state index contributed by atoms with van der Waals surface area (Å²) in [7, 11) is 1.63. The molecule has 1 atom stereocenters. The van der Waals surface area contributed by atoms with Gasteiger partial charge < -0.3 is 10.5 Å². The number of hydrogen-bond donors (Lipinski definition) is 1. The molecule has 2 rings (SSSR count). The lowest BCUT2D eigenvalue weighted by Crippen LogP contribution is -2.15. The maximum Gasteiger partial charge on any atom is 0.137 e. The molecule has 100 valence electrons. The Kier molecular flexibility index (Phi) is 4.56. The molecule has 2 aromatic carbocycles. The van der Waals surface area contributed by atoms with Crippen LogP contribution in [0.4, 0.5) is 4.39 Å². The zero-order valence-electron chi connectivity index (χ0n) is 10.6. The van der Waals surface area contributed by atoms with Crippen LogP contribution in [0.5, 0.6) is 5.75 Å². The summed E-state index contributed by atoms with van der Waals surface area (Å²) in [6.07, 6.45) is 0.589. The summed E-state index contributed by atoms with van der Waals surface area (Å²) in [5.74, 6) is 0.499. The van der Waals surface area contributed by atoms with Crippen molar-refractivity contribution in [2.45, 2.75) is 12.5 Å². The Labute approximate surface area is 120 Å². The third kappa shape index (κ3) is 3.14. The zero-order valence-corrected chi connectivity index (χ0v) is 12.2. The number of methoxy groups -OCH3 is 1. The fraction of sp³-hybridized carbons (Fsp3) is 0.200. The van der Waals surface area contributed by atoms with E-state index in [1.54, 1.807) is 13.2 Å². The van der Waals surface area contributed by atoms with Gasteiger partial charge in [-0.3, -0.25) is 0 Å². The molecule has 0 saturated heterocycles. The Morgan fingerprint density at radius 3 is 2.68 bits per heavy atom. The normalized spacial score (nSPS) is 12.2. The third-order valence-corrected chi connectivity index (χ3v) is 3.85. The van der Waals surface area contributed by atoms with Crippen molar-refractivity contribution < 1.29 is 9.13 Å². The molecule has 0 saturated carbocycles. The summed E-state index contributed by atoms with van der Waals surface area (Å²) < 4.78 is 19.2. The van der Waals surface area contributed by atoms with Crippen LogP contribution in [0.2, 0.25) is 0 Å². The summed E-state index contributed by atoms with van der Waals surface area (Å²) in [6.45, 7) is 0. The van der Waals surface area contributed by atoms with Crippen LogP contribution < -0.4 is 10.5 Å². The fourth-order valence-corrected chi connectivity index (χ4v) is 2.58. The highest BCUT2D eigenvalue weighted by Gasteiger charge is 2.15. The van der Waals surface area contributed by atoms with Gasteiger partial charge in [0.25, 0.3) is 0 Å². The predicted octanol–water partition coefficient (Wildman–Crippen LogP) is 3.84. The van der Waals surface area contributed by atoms with Gasteiger partial charge in [0.05, 0.1) is 11.6 Å². The van der Waals surface area contributed by atoms with Gasteiger partial charge in [-0.05, 0) is 45.6 Å². The van der Waals surface area contributed by atoms with E-state index in [4.69, 9.17) is 10.5 Å². The van der Waals surface area contributed by atoms with Gasteiger partial charge in [-0.1, -0.05) is 30.3 Å². The summed E-state index contributed by atoms with van der Waals surface area (Å²) in [5.41, 5.74) is 7.93. The molecule has 0 aromatic heterocycles. The van der Waals surface area contributed by atoms with Crippen molar-refractivity contribution >= 4 is 15.9 Å². The molecule has 2 aromatic rings. The molecule has 2 N–H and O–H groups in total. The molecule has 0 heterocycles. The van der Waals surface area contributed by atoms with Gasteiger partial charge in [0, 0.05) is 6.04 Å². The molecule has 0 aliphatic rings. The van der Waals surface area contributed by atoms with Crippen LogP contribution in [0.15, 0.2) is 46.9 Å². The first-order valence-corrected chi connectivity index (χ1v) is 6.74. The second-order valence-corrected chi connectivity index (χ2v) is 5.06. The van der Waals surface area contributed by atoms with Crippen LogP contribution in [-0.4, -0.2) is 7.11 Å². The van der Waals surface area contributed by atoms with E-state index in [1.165, 1.54) is 6.07 Å². The molecule has 2 nitrogen and oxygen atoms in total. The number of rotatable bonds is 4. The number of halogens is 2. The summed E-state index contributed by atoms with van der Waals surface area (Å²) in [4.78, 5) is 0. The average molecular weight is 324 g/mol. The number of nitrogens with two attached hydrogens (primary N) is 1. The van der Waals surface area contributed by atoms with E-state index >= 15 is 0 Å². The van der Waals surface area contributed by atoms with E-state index in [9.17, 15) is 4.39 Å². The first-order chi connectivity index (χ1) is 9.13. The second-order valence-electron chi connectivity index (χ2n) is 4.27. The Hall–Kier alpha value is -1.39. The molecule has 0 aliphatic carbocycles. The van der Waals surface area contributed by atoms with Gasteiger partial charge in [0.2, 0.25) is 0 Å². The largest absolute Gasteiger partial charge is 0.496 e. The molecule has 4 heteroatoms. The van der Waals surface area contributed by atoms with Crippen LogP contribution in [0.3, 0.4) is 0 Å². The molecule has 0 aliphatic heterocycles. The van der Waals surface area contributed by atoms with Crippen LogP contribution in [-0.2, 0) is 6.42 Å². The van der Waals surface area contributed by atoms with E-state index in [2.05, 4.69) is 15.9 Å².